The molecule has 1 aromatic rings. The van der Waals surface area contributed by atoms with Crippen molar-refractivity contribution in [1.82, 2.24) is 14.9 Å². The van der Waals surface area contributed by atoms with Gasteiger partial charge in [-0.3, -0.25) is 0 Å². The third kappa shape index (κ3) is 7.98. The van der Waals surface area contributed by atoms with Crippen molar-refractivity contribution in [3.63, 3.8) is 0 Å². The highest BCUT2D eigenvalue weighted by molar-refractivity contribution is 7.88. The van der Waals surface area contributed by atoms with E-state index in [-0.39, 0.29) is 0 Å². The van der Waals surface area contributed by atoms with E-state index in [1.807, 2.05) is 26.0 Å². The summed E-state index contributed by atoms with van der Waals surface area (Å²) in [4.78, 5) is 4.59. The Balaban J connectivity index is 2.77. The molecule has 0 atom stereocenters. The Morgan fingerprint density at radius 2 is 1.69 bits per heavy atom. The fraction of sp³-hybridized carbons (Fsp3) is 0.632. The zero-order chi connectivity index (χ0) is 21.9. The Morgan fingerprint density at radius 1 is 1.07 bits per heavy atom. The summed E-state index contributed by atoms with van der Waals surface area (Å²) < 4.78 is 40.8. The first kappa shape index (κ1) is 24.8. The van der Waals surface area contributed by atoms with E-state index in [4.69, 9.17) is 14.2 Å². The highest BCUT2D eigenvalue weighted by Crippen LogP contribution is 2.38. The number of hydrogen-bond donors (Lipinski definition) is 2. The van der Waals surface area contributed by atoms with Crippen LogP contribution < -0.4 is 24.8 Å². The van der Waals surface area contributed by atoms with Crippen LogP contribution >= 0.6 is 0 Å². The monoisotopic (exact) mass is 430 g/mol. The maximum absolute atomic E-state index is 11.6. The minimum absolute atomic E-state index is 0.413. The molecule has 0 amide bonds. The molecule has 10 heteroatoms. The Morgan fingerprint density at radius 3 is 2.14 bits per heavy atom. The van der Waals surface area contributed by atoms with E-state index < -0.39 is 10.0 Å². The molecule has 0 aliphatic carbocycles. The zero-order valence-corrected chi connectivity index (χ0v) is 19.1. The number of methoxy groups -OCH3 is 3. The minimum atomic E-state index is -3.17. The lowest BCUT2D eigenvalue weighted by atomic mass is 10.2. The molecule has 0 spiro atoms. The molecule has 0 saturated heterocycles. The zero-order valence-electron chi connectivity index (χ0n) is 18.2. The third-order valence-electron chi connectivity index (χ3n) is 4.19. The van der Waals surface area contributed by atoms with Crippen molar-refractivity contribution in [2.45, 2.75) is 26.8 Å². The van der Waals surface area contributed by atoms with Crippen molar-refractivity contribution >= 4 is 16.0 Å². The number of nitrogens with one attached hydrogen (secondary N) is 2. The molecule has 0 saturated carbocycles. The lowest BCUT2D eigenvalue weighted by Gasteiger charge is -2.18. The SMILES string of the molecule is CCNC(=NCc1cc(OC)c(OC)c(OC)c1)NCCCN(CC)S(C)(=O)=O. The van der Waals surface area contributed by atoms with Crippen LogP contribution in [0.3, 0.4) is 0 Å². The summed E-state index contributed by atoms with van der Waals surface area (Å²) in [6.45, 7) is 6.48. The van der Waals surface area contributed by atoms with Gasteiger partial charge in [-0.2, -0.15) is 0 Å². The van der Waals surface area contributed by atoms with Gasteiger partial charge in [0.1, 0.15) is 0 Å². The summed E-state index contributed by atoms with van der Waals surface area (Å²) >= 11 is 0. The van der Waals surface area contributed by atoms with Crippen LogP contribution in [-0.4, -0.2) is 72.4 Å². The second kappa shape index (κ2) is 12.4. The van der Waals surface area contributed by atoms with Gasteiger partial charge in [-0.1, -0.05) is 6.92 Å². The Hall–Kier alpha value is -2.20. The number of sulfonamides is 1. The van der Waals surface area contributed by atoms with Gasteiger partial charge in [0.05, 0.1) is 34.1 Å². The summed E-state index contributed by atoms with van der Waals surface area (Å²) in [5, 5.41) is 6.42. The number of nitrogens with zero attached hydrogens (tertiary/aromatic N) is 2. The minimum Gasteiger partial charge on any atom is -0.493 e. The van der Waals surface area contributed by atoms with Crippen molar-refractivity contribution < 1.29 is 22.6 Å². The number of aliphatic imine (C=N–C) groups is 1. The van der Waals surface area contributed by atoms with Crippen molar-refractivity contribution in [1.29, 1.82) is 0 Å². The predicted octanol–water partition coefficient (Wildman–Crippen LogP) is 1.44. The summed E-state index contributed by atoms with van der Waals surface area (Å²) in [7, 11) is 1.55. The molecule has 0 bridgehead atoms. The Kier molecular flexibility index (Phi) is 10.6. The third-order valence-corrected chi connectivity index (χ3v) is 5.57. The lowest BCUT2D eigenvalue weighted by molar-refractivity contribution is 0.324. The summed E-state index contributed by atoms with van der Waals surface area (Å²) in [5.41, 5.74) is 0.908. The van der Waals surface area contributed by atoms with Gasteiger partial charge in [-0.25, -0.2) is 17.7 Å². The van der Waals surface area contributed by atoms with Gasteiger partial charge in [0.15, 0.2) is 17.5 Å². The van der Waals surface area contributed by atoms with E-state index in [0.29, 0.717) is 62.4 Å². The highest BCUT2D eigenvalue weighted by atomic mass is 32.2. The fourth-order valence-electron chi connectivity index (χ4n) is 2.76. The highest BCUT2D eigenvalue weighted by Gasteiger charge is 2.14. The molecule has 0 heterocycles. The van der Waals surface area contributed by atoms with Crippen molar-refractivity contribution in [3.05, 3.63) is 17.7 Å². The molecule has 29 heavy (non-hydrogen) atoms. The van der Waals surface area contributed by atoms with E-state index in [9.17, 15) is 8.42 Å². The molecular weight excluding hydrogens is 396 g/mol. The number of ether oxygens (including phenoxy) is 3. The fourth-order valence-corrected chi connectivity index (χ4v) is 3.69. The molecule has 166 valence electrons. The van der Waals surface area contributed by atoms with E-state index in [1.165, 1.54) is 10.6 Å². The molecule has 2 N–H and O–H groups in total. The number of rotatable bonds is 12. The molecule has 1 rings (SSSR count). The number of benzene rings is 1. The van der Waals surface area contributed by atoms with Gasteiger partial charge in [0.2, 0.25) is 15.8 Å². The molecule has 0 aliphatic heterocycles. The van der Waals surface area contributed by atoms with E-state index in [1.54, 1.807) is 21.3 Å². The Bertz CT molecular complexity index is 743. The molecule has 9 nitrogen and oxygen atoms in total. The molecule has 1 aromatic carbocycles. The molecular formula is C19H34N4O5S. The number of guanidine groups is 1. The van der Waals surface area contributed by atoms with Crippen molar-refractivity contribution in [3.8, 4) is 17.2 Å². The van der Waals surface area contributed by atoms with Crippen LogP contribution in [0.4, 0.5) is 0 Å². The summed E-state index contributed by atoms with van der Waals surface area (Å²) in [5.74, 6) is 2.36. The number of hydrogen-bond acceptors (Lipinski definition) is 6. The molecule has 0 radical (unpaired) electrons. The Labute approximate surface area is 174 Å². The smallest absolute Gasteiger partial charge is 0.211 e. The molecule has 0 fully saturated rings. The van der Waals surface area contributed by atoms with Gasteiger partial charge in [-0.15, -0.1) is 0 Å². The van der Waals surface area contributed by atoms with Gasteiger partial charge in [-0.05, 0) is 31.0 Å². The summed E-state index contributed by atoms with van der Waals surface area (Å²) in [6, 6.07) is 3.72. The van der Waals surface area contributed by atoms with Crippen LogP contribution in [0.15, 0.2) is 17.1 Å². The summed E-state index contributed by atoms with van der Waals surface area (Å²) in [6.07, 6.45) is 1.91. The molecule has 0 aromatic heterocycles. The second-order valence-electron chi connectivity index (χ2n) is 6.26. The van der Waals surface area contributed by atoms with E-state index >= 15 is 0 Å². The predicted molar refractivity (Wildman–Crippen MR) is 116 cm³/mol. The van der Waals surface area contributed by atoms with Crippen molar-refractivity contribution in [2.75, 3.05) is 53.8 Å². The van der Waals surface area contributed by atoms with Crippen LogP contribution in [0, 0.1) is 0 Å². The van der Waals surface area contributed by atoms with Gasteiger partial charge in [0.25, 0.3) is 0 Å². The quantitative estimate of drug-likeness (QED) is 0.294. The van der Waals surface area contributed by atoms with Crippen LogP contribution in [0.25, 0.3) is 0 Å². The maximum atomic E-state index is 11.6. The topological polar surface area (TPSA) is 101 Å². The van der Waals surface area contributed by atoms with Gasteiger partial charge >= 0.3 is 0 Å². The van der Waals surface area contributed by atoms with Crippen LogP contribution in [0.5, 0.6) is 17.2 Å². The molecule has 0 aliphatic rings. The van der Waals surface area contributed by atoms with Crippen LogP contribution in [0.1, 0.15) is 25.8 Å². The van der Waals surface area contributed by atoms with Crippen molar-refractivity contribution in [2.24, 2.45) is 4.99 Å². The first-order chi connectivity index (χ1) is 13.8. The largest absolute Gasteiger partial charge is 0.493 e. The lowest BCUT2D eigenvalue weighted by Crippen LogP contribution is -2.39. The first-order valence-electron chi connectivity index (χ1n) is 9.56. The van der Waals surface area contributed by atoms with E-state index in [2.05, 4.69) is 15.6 Å². The first-order valence-corrected chi connectivity index (χ1v) is 11.4. The average molecular weight is 431 g/mol. The standard InChI is InChI=1S/C19H34N4O5S/c1-7-20-19(21-10-9-11-23(8-2)29(6,24)25)22-14-15-12-16(26-3)18(28-5)17(13-15)27-4/h12-13H,7-11,14H2,1-6H3,(H2,20,21,22). The van der Waals surface area contributed by atoms with Gasteiger partial charge in [0, 0.05) is 26.2 Å². The van der Waals surface area contributed by atoms with Crippen LogP contribution in [-0.2, 0) is 16.6 Å². The van der Waals surface area contributed by atoms with E-state index in [0.717, 1.165) is 5.56 Å². The van der Waals surface area contributed by atoms with Crippen LogP contribution in [0.2, 0.25) is 0 Å². The average Bonchev–Trinajstić information content (AvgIpc) is 2.69. The maximum Gasteiger partial charge on any atom is 0.211 e. The normalized spacial score (nSPS) is 12.0. The second-order valence-corrected chi connectivity index (χ2v) is 8.25. The van der Waals surface area contributed by atoms with Gasteiger partial charge < -0.3 is 24.8 Å². The molecule has 0 unspecified atom stereocenters.